The molecule has 116 valence electrons. The van der Waals surface area contributed by atoms with E-state index in [1.165, 1.54) is 12.7 Å². The Morgan fingerprint density at radius 3 is 3.05 bits per heavy atom. The lowest BCUT2D eigenvalue weighted by atomic mass is 10.0. The van der Waals surface area contributed by atoms with Crippen molar-refractivity contribution < 1.29 is 4.79 Å². The van der Waals surface area contributed by atoms with Crippen LogP contribution in [0.2, 0.25) is 5.02 Å². The maximum atomic E-state index is 12.2. The van der Waals surface area contributed by atoms with Crippen molar-refractivity contribution in [2.75, 3.05) is 16.8 Å². The van der Waals surface area contributed by atoms with Gasteiger partial charge in [-0.25, -0.2) is 4.98 Å². The van der Waals surface area contributed by atoms with Gasteiger partial charge in [0.1, 0.15) is 6.33 Å². The molecule has 1 aromatic carbocycles. The van der Waals surface area contributed by atoms with Crippen LogP contribution in [0, 0.1) is 0 Å². The number of amides is 1. The third-order valence-corrected chi connectivity index (χ3v) is 4.18. The molecule has 1 aromatic heterocycles. The molecule has 0 aliphatic carbocycles. The van der Waals surface area contributed by atoms with Gasteiger partial charge in [-0.2, -0.15) is 5.10 Å². The number of H-pyrrole nitrogens is 1. The molecule has 1 atom stereocenters. The van der Waals surface area contributed by atoms with E-state index in [4.69, 9.17) is 11.6 Å². The molecule has 1 fully saturated rings. The first-order valence-corrected chi connectivity index (χ1v) is 7.76. The minimum absolute atomic E-state index is 0.178. The predicted octanol–water partition coefficient (Wildman–Crippen LogP) is 3.09. The summed E-state index contributed by atoms with van der Waals surface area (Å²) in [5, 5.41) is 9.71. The number of nitrogens with one attached hydrogen (secondary N) is 2. The number of hydrogen-bond donors (Lipinski definition) is 2. The van der Waals surface area contributed by atoms with E-state index in [0.29, 0.717) is 16.8 Å². The highest BCUT2D eigenvalue weighted by molar-refractivity contribution is 6.31. The van der Waals surface area contributed by atoms with Gasteiger partial charge >= 0.3 is 0 Å². The monoisotopic (exact) mass is 319 g/mol. The van der Waals surface area contributed by atoms with Gasteiger partial charge in [-0.15, -0.1) is 0 Å². The fraction of sp³-hybridized carbons (Fsp3) is 0.400. The summed E-state index contributed by atoms with van der Waals surface area (Å²) in [6, 6.07) is 6.02. The predicted molar refractivity (Wildman–Crippen MR) is 86.4 cm³/mol. The van der Waals surface area contributed by atoms with Gasteiger partial charge in [0, 0.05) is 17.6 Å². The summed E-state index contributed by atoms with van der Waals surface area (Å²) >= 11 is 6.09. The van der Waals surface area contributed by atoms with Crippen LogP contribution in [-0.2, 0) is 0 Å². The minimum Gasteiger partial charge on any atom is -0.367 e. The maximum absolute atomic E-state index is 12.2. The van der Waals surface area contributed by atoms with Gasteiger partial charge in [0.25, 0.3) is 5.91 Å². The van der Waals surface area contributed by atoms with E-state index < -0.39 is 0 Å². The van der Waals surface area contributed by atoms with Crippen LogP contribution in [-0.4, -0.2) is 33.7 Å². The Bertz CT molecular complexity index is 658. The molecule has 0 saturated carbocycles. The molecule has 22 heavy (non-hydrogen) atoms. The lowest BCUT2D eigenvalue weighted by Gasteiger charge is -2.36. The van der Waals surface area contributed by atoms with Crippen molar-refractivity contribution in [3.63, 3.8) is 0 Å². The first-order valence-electron chi connectivity index (χ1n) is 7.38. The molecule has 1 saturated heterocycles. The van der Waals surface area contributed by atoms with Crippen LogP contribution < -0.4 is 10.2 Å². The number of aromatic nitrogens is 3. The highest BCUT2D eigenvalue weighted by Crippen LogP contribution is 2.33. The summed E-state index contributed by atoms with van der Waals surface area (Å²) in [6.45, 7) is 3.18. The van der Waals surface area contributed by atoms with Gasteiger partial charge in [0.2, 0.25) is 5.82 Å². The third kappa shape index (κ3) is 3.06. The average Bonchev–Trinajstić information content (AvgIpc) is 3.03. The highest BCUT2D eigenvalue weighted by atomic mass is 35.5. The van der Waals surface area contributed by atoms with Crippen LogP contribution in [0.5, 0.6) is 0 Å². The van der Waals surface area contributed by atoms with Crippen LogP contribution in [0.3, 0.4) is 0 Å². The van der Waals surface area contributed by atoms with Crippen LogP contribution in [0.4, 0.5) is 11.4 Å². The number of aromatic amines is 1. The summed E-state index contributed by atoms with van der Waals surface area (Å²) in [5.41, 5.74) is 1.69. The Labute approximate surface area is 133 Å². The maximum Gasteiger partial charge on any atom is 0.293 e. The average molecular weight is 320 g/mol. The molecule has 1 amide bonds. The Morgan fingerprint density at radius 1 is 1.45 bits per heavy atom. The second-order valence-corrected chi connectivity index (χ2v) is 5.92. The quantitative estimate of drug-likeness (QED) is 0.911. The van der Waals surface area contributed by atoms with Gasteiger partial charge < -0.3 is 10.2 Å². The van der Waals surface area contributed by atoms with Crippen molar-refractivity contribution in [3.8, 4) is 0 Å². The molecule has 1 aliphatic heterocycles. The summed E-state index contributed by atoms with van der Waals surface area (Å²) in [4.78, 5) is 18.4. The summed E-state index contributed by atoms with van der Waals surface area (Å²) in [6.07, 6.45) is 4.85. The molecule has 6 nitrogen and oxygen atoms in total. The molecule has 0 unspecified atom stereocenters. The fourth-order valence-electron chi connectivity index (χ4n) is 2.81. The Kier molecular flexibility index (Phi) is 4.29. The van der Waals surface area contributed by atoms with Gasteiger partial charge in [0.05, 0.1) is 11.4 Å². The van der Waals surface area contributed by atoms with Crippen LogP contribution in [0.15, 0.2) is 24.5 Å². The number of piperidine rings is 1. The van der Waals surface area contributed by atoms with E-state index in [0.717, 1.165) is 25.1 Å². The van der Waals surface area contributed by atoms with Crippen molar-refractivity contribution in [1.29, 1.82) is 0 Å². The Hall–Kier alpha value is -2.08. The van der Waals surface area contributed by atoms with Crippen LogP contribution in [0.25, 0.3) is 0 Å². The number of benzene rings is 1. The van der Waals surface area contributed by atoms with Crippen molar-refractivity contribution in [3.05, 3.63) is 35.4 Å². The van der Waals surface area contributed by atoms with Gasteiger partial charge in [0.15, 0.2) is 0 Å². The normalized spacial score (nSPS) is 18.3. The number of rotatable bonds is 3. The smallest absolute Gasteiger partial charge is 0.293 e. The third-order valence-electron chi connectivity index (χ3n) is 3.95. The number of carbonyl (C=O) groups excluding carboxylic acids is 1. The lowest BCUT2D eigenvalue weighted by molar-refractivity contribution is 0.101. The summed E-state index contributed by atoms with van der Waals surface area (Å²) < 4.78 is 0. The molecule has 0 spiro atoms. The molecule has 0 radical (unpaired) electrons. The molecule has 3 rings (SSSR count). The molecule has 2 heterocycles. The fourth-order valence-corrected chi connectivity index (χ4v) is 2.98. The van der Waals surface area contributed by atoms with Gasteiger partial charge in [-0.3, -0.25) is 9.89 Å². The van der Waals surface area contributed by atoms with E-state index in [9.17, 15) is 4.79 Å². The Balaban J connectivity index is 1.89. The lowest BCUT2D eigenvalue weighted by Crippen LogP contribution is -2.38. The molecule has 2 aromatic rings. The summed E-state index contributed by atoms with van der Waals surface area (Å²) in [5.74, 6) is -0.150. The molecular formula is C15H18ClN5O. The molecule has 0 bridgehead atoms. The molecular weight excluding hydrogens is 302 g/mol. The largest absolute Gasteiger partial charge is 0.367 e. The zero-order valence-electron chi connectivity index (χ0n) is 12.3. The Morgan fingerprint density at radius 2 is 2.32 bits per heavy atom. The molecule has 1 aliphatic rings. The van der Waals surface area contributed by atoms with Crippen LogP contribution >= 0.6 is 11.6 Å². The van der Waals surface area contributed by atoms with Gasteiger partial charge in [-0.05, 0) is 44.4 Å². The standard InChI is InChI=1S/C15H18ClN5O/c1-10-4-2-3-7-21(10)13-6-5-11(16)8-12(13)19-15(22)14-17-9-18-20-14/h5-6,8-10H,2-4,7H2,1H3,(H,19,22)(H,17,18,20)/t10-/m0/s1. The van der Waals surface area contributed by atoms with Crippen molar-refractivity contribution in [1.82, 2.24) is 15.2 Å². The van der Waals surface area contributed by atoms with E-state index >= 15 is 0 Å². The second-order valence-electron chi connectivity index (χ2n) is 5.49. The van der Waals surface area contributed by atoms with E-state index in [1.54, 1.807) is 6.07 Å². The molecule has 2 N–H and O–H groups in total. The van der Waals surface area contributed by atoms with Gasteiger partial charge in [-0.1, -0.05) is 11.6 Å². The highest BCUT2D eigenvalue weighted by Gasteiger charge is 2.22. The van der Waals surface area contributed by atoms with Crippen molar-refractivity contribution >= 4 is 28.9 Å². The molecule has 7 heteroatoms. The first-order chi connectivity index (χ1) is 10.6. The van der Waals surface area contributed by atoms with Crippen molar-refractivity contribution in [2.24, 2.45) is 0 Å². The van der Waals surface area contributed by atoms with E-state index in [1.807, 2.05) is 12.1 Å². The van der Waals surface area contributed by atoms with Crippen molar-refractivity contribution in [2.45, 2.75) is 32.2 Å². The first kappa shape index (κ1) is 14.8. The second kappa shape index (κ2) is 6.36. The number of nitrogens with zero attached hydrogens (tertiary/aromatic N) is 3. The van der Waals surface area contributed by atoms with Crippen LogP contribution in [0.1, 0.15) is 36.8 Å². The number of anilines is 2. The topological polar surface area (TPSA) is 73.9 Å². The zero-order valence-corrected chi connectivity index (χ0v) is 13.1. The summed E-state index contributed by atoms with van der Waals surface area (Å²) in [7, 11) is 0. The zero-order chi connectivity index (χ0) is 15.5. The van der Waals surface area contributed by atoms with E-state index in [-0.39, 0.29) is 11.7 Å². The number of hydrogen-bond acceptors (Lipinski definition) is 4. The number of carbonyl (C=O) groups is 1. The SMILES string of the molecule is C[C@H]1CCCCN1c1ccc(Cl)cc1NC(=O)c1ncn[nH]1. The number of halogens is 1. The van der Waals surface area contributed by atoms with E-state index in [2.05, 4.69) is 32.3 Å². The minimum atomic E-state index is -0.328.